The molecule has 1 saturated heterocycles. The third kappa shape index (κ3) is 4.23. The van der Waals surface area contributed by atoms with E-state index in [1.54, 1.807) is 6.33 Å². The number of hydrogen-bond donors (Lipinski definition) is 2. The lowest BCUT2D eigenvalue weighted by Crippen LogP contribution is -2.47. The molecule has 0 radical (unpaired) electrons. The zero-order valence-electron chi connectivity index (χ0n) is 16.9. The first-order chi connectivity index (χ1) is 14.0. The number of nitrogens with zero attached hydrogens (tertiary/aromatic N) is 5. The van der Waals surface area contributed by atoms with Crippen molar-refractivity contribution >= 4 is 16.7 Å². The maximum Gasteiger partial charge on any atom is 0.132 e. The van der Waals surface area contributed by atoms with Crippen LogP contribution < -0.4 is 4.90 Å². The Labute approximate surface area is 169 Å². The topological polar surface area (TPSA) is 81.2 Å². The van der Waals surface area contributed by atoms with E-state index in [-0.39, 0.29) is 12.4 Å². The summed E-state index contributed by atoms with van der Waals surface area (Å²) in [6.07, 6.45) is 2.24. The molecule has 1 aromatic carbocycles. The molecule has 0 saturated carbocycles. The van der Waals surface area contributed by atoms with Gasteiger partial charge in [0.25, 0.3) is 0 Å². The van der Waals surface area contributed by atoms with E-state index in [0.29, 0.717) is 35.7 Å². The summed E-state index contributed by atoms with van der Waals surface area (Å²) in [5, 5.41) is 17.3. The maximum atomic E-state index is 14.4. The Hall–Kier alpha value is -2.58. The number of H-pyrrole nitrogens is 1. The molecular weight excluding hydrogens is 371 g/mol. The number of aromatic nitrogens is 4. The molecule has 0 unspecified atom stereocenters. The van der Waals surface area contributed by atoms with Crippen LogP contribution in [-0.4, -0.2) is 69.5 Å². The van der Waals surface area contributed by atoms with Gasteiger partial charge >= 0.3 is 0 Å². The average molecular weight is 398 g/mol. The van der Waals surface area contributed by atoms with E-state index >= 15 is 0 Å². The lowest BCUT2D eigenvalue weighted by molar-refractivity contribution is 0.188. The van der Waals surface area contributed by atoms with Crippen molar-refractivity contribution in [3.05, 3.63) is 35.9 Å². The van der Waals surface area contributed by atoms with Crippen LogP contribution in [-0.2, 0) is 6.42 Å². The molecule has 2 aromatic heterocycles. The van der Waals surface area contributed by atoms with Crippen LogP contribution in [0.3, 0.4) is 0 Å². The Bertz CT molecular complexity index is 980. The molecule has 7 nitrogen and oxygen atoms in total. The standard InChI is InChI=1S/C21H27FN6O/c1-14(2)9-15-10-16-18(11-17(15)22)25-26-21(16)19-12-20(24-13-23-19)28-5-3-27(4-6-28)7-8-29/h10-14,29H,3-9H2,1-2H3,(H,25,26). The number of piperazine rings is 1. The van der Waals surface area contributed by atoms with Crippen LogP contribution in [0.5, 0.6) is 0 Å². The number of fused-ring (bicyclic) bond motifs is 1. The quantitative estimate of drug-likeness (QED) is 0.664. The Morgan fingerprint density at radius 1 is 1.14 bits per heavy atom. The summed E-state index contributed by atoms with van der Waals surface area (Å²) in [5.41, 5.74) is 2.81. The molecule has 1 aliphatic heterocycles. The minimum atomic E-state index is -0.203. The van der Waals surface area contributed by atoms with Crippen LogP contribution in [0.15, 0.2) is 24.5 Å². The summed E-state index contributed by atoms with van der Waals surface area (Å²) in [6, 6.07) is 5.35. The largest absolute Gasteiger partial charge is 0.395 e. The first kappa shape index (κ1) is 19.7. The minimum absolute atomic E-state index is 0.184. The van der Waals surface area contributed by atoms with E-state index in [2.05, 4.69) is 43.8 Å². The lowest BCUT2D eigenvalue weighted by Gasteiger charge is -2.35. The van der Waals surface area contributed by atoms with Crippen molar-refractivity contribution in [2.24, 2.45) is 5.92 Å². The van der Waals surface area contributed by atoms with Gasteiger partial charge in [0.2, 0.25) is 0 Å². The van der Waals surface area contributed by atoms with Gasteiger partial charge < -0.3 is 10.0 Å². The summed E-state index contributed by atoms with van der Waals surface area (Å²) in [5.74, 6) is 1.03. The second-order valence-corrected chi connectivity index (χ2v) is 7.97. The summed E-state index contributed by atoms with van der Waals surface area (Å²) in [6.45, 7) is 8.53. The number of aliphatic hydroxyl groups excluding tert-OH is 1. The van der Waals surface area contributed by atoms with Crippen LogP contribution in [0.2, 0.25) is 0 Å². The predicted molar refractivity (Wildman–Crippen MR) is 111 cm³/mol. The van der Waals surface area contributed by atoms with E-state index in [9.17, 15) is 4.39 Å². The Balaban J connectivity index is 1.62. The highest BCUT2D eigenvalue weighted by Crippen LogP contribution is 2.29. The third-order valence-electron chi connectivity index (χ3n) is 5.37. The Kier molecular flexibility index (Phi) is 5.73. The molecule has 3 aromatic rings. The van der Waals surface area contributed by atoms with Gasteiger partial charge in [0, 0.05) is 44.2 Å². The van der Waals surface area contributed by atoms with Crippen molar-refractivity contribution < 1.29 is 9.50 Å². The van der Waals surface area contributed by atoms with Gasteiger partial charge in [-0.2, -0.15) is 5.10 Å². The number of benzene rings is 1. The van der Waals surface area contributed by atoms with Gasteiger partial charge in [-0.3, -0.25) is 10.00 Å². The van der Waals surface area contributed by atoms with Gasteiger partial charge in [0.1, 0.15) is 23.7 Å². The molecule has 29 heavy (non-hydrogen) atoms. The predicted octanol–water partition coefficient (Wildman–Crippen LogP) is 2.47. The van der Waals surface area contributed by atoms with E-state index in [1.807, 2.05) is 12.1 Å². The molecular formula is C21H27FN6O. The molecule has 0 aliphatic carbocycles. The summed E-state index contributed by atoms with van der Waals surface area (Å²) in [4.78, 5) is 13.3. The highest BCUT2D eigenvalue weighted by atomic mass is 19.1. The fourth-order valence-corrected chi connectivity index (χ4v) is 3.87. The van der Waals surface area contributed by atoms with E-state index in [4.69, 9.17) is 5.11 Å². The molecule has 1 aliphatic rings. The zero-order valence-corrected chi connectivity index (χ0v) is 16.9. The van der Waals surface area contributed by atoms with Gasteiger partial charge in [-0.1, -0.05) is 13.8 Å². The van der Waals surface area contributed by atoms with E-state index in [0.717, 1.165) is 43.1 Å². The van der Waals surface area contributed by atoms with Gasteiger partial charge in [0.05, 0.1) is 17.8 Å². The molecule has 1 fully saturated rings. The first-order valence-electron chi connectivity index (χ1n) is 10.1. The summed E-state index contributed by atoms with van der Waals surface area (Å²) in [7, 11) is 0. The molecule has 3 heterocycles. The molecule has 0 amide bonds. The smallest absolute Gasteiger partial charge is 0.132 e. The highest BCUT2D eigenvalue weighted by molar-refractivity contribution is 5.92. The normalized spacial score (nSPS) is 15.6. The number of aromatic amines is 1. The summed E-state index contributed by atoms with van der Waals surface area (Å²) >= 11 is 0. The van der Waals surface area contributed by atoms with Crippen LogP contribution in [0, 0.1) is 11.7 Å². The second kappa shape index (κ2) is 8.42. The third-order valence-corrected chi connectivity index (χ3v) is 5.37. The van der Waals surface area contributed by atoms with Gasteiger partial charge in [-0.25, -0.2) is 14.4 Å². The SMILES string of the molecule is CC(C)Cc1cc2c(-c3cc(N4CCN(CCO)CC4)ncn3)n[nH]c2cc1F. The number of rotatable bonds is 6. The number of halogens is 1. The Morgan fingerprint density at radius 2 is 1.93 bits per heavy atom. The molecule has 0 spiro atoms. The van der Waals surface area contributed by atoms with Gasteiger partial charge in [-0.05, 0) is 30.0 Å². The van der Waals surface area contributed by atoms with Crippen LogP contribution in [0.1, 0.15) is 19.4 Å². The number of aliphatic hydroxyl groups is 1. The van der Waals surface area contributed by atoms with Crippen LogP contribution >= 0.6 is 0 Å². The molecule has 4 rings (SSSR count). The lowest BCUT2D eigenvalue weighted by atomic mass is 10.00. The minimum Gasteiger partial charge on any atom is -0.395 e. The average Bonchev–Trinajstić information content (AvgIpc) is 3.11. The zero-order chi connectivity index (χ0) is 20.4. The monoisotopic (exact) mass is 398 g/mol. The van der Waals surface area contributed by atoms with Crippen molar-refractivity contribution in [3.8, 4) is 11.4 Å². The van der Waals surface area contributed by atoms with Crippen molar-refractivity contribution in [3.63, 3.8) is 0 Å². The van der Waals surface area contributed by atoms with Crippen LogP contribution in [0.25, 0.3) is 22.3 Å². The highest BCUT2D eigenvalue weighted by Gasteiger charge is 2.20. The van der Waals surface area contributed by atoms with E-state index in [1.165, 1.54) is 6.07 Å². The van der Waals surface area contributed by atoms with Crippen molar-refractivity contribution in [2.75, 3.05) is 44.2 Å². The van der Waals surface area contributed by atoms with Gasteiger partial charge in [-0.15, -0.1) is 0 Å². The fraction of sp³-hybridized carbons (Fsp3) is 0.476. The second-order valence-electron chi connectivity index (χ2n) is 7.97. The molecule has 8 heteroatoms. The molecule has 0 atom stereocenters. The van der Waals surface area contributed by atoms with Crippen LogP contribution in [0.4, 0.5) is 10.2 Å². The fourth-order valence-electron chi connectivity index (χ4n) is 3.87. The number of nitrogens with one attached hydrogen (secondary N) is 1. The summed E-state index contributed by atoms with van der Waals surface area (Å²) < 4.78 is 14.4. The van der Waals surface area contributed by atoms with Gasteiger partial charge in [0.15, 0.2) is 0 Å². The Morgan fingerprint density at radius 3 is 2.66 bits per heavy atom. The van der Waals surface area contributed by atoms with E-state index < -0.39 is 0 Å². The maximum absolute atomic E-state index is 14.4. The molecule has 154 valence electrons. The number of anilines is 1. The molecule has 0 bridgehead atoms. The molecule has 2 N–H and O–H groups in total. The van der Waals surface area contributed by atoms with Crippen molar-refractivity contribution in [2.45, 2.75) is 20.3 Å². The number of hydrogen-bond acceptors (Lipinski definition) is 6. The van der Waals surface area contributed by atoms with Crippen molar-refractivity contribution in [1.29, 1.82) is 0 Å². The first-order valence-corrected chi connectivity index (χ1v) is 10.1. The number of β-amino-alcohol motifs (C(OH)–C–C–N with tert-alkyl or cyclic N) is 1. The van der Waals surface area contributed by atoms with Crippen molar-refractivity contribution in [1.82, 2.24) is 25.1 Å².